The molecular formula is C13H11O2P. The summed E-state index contributed by atoms with van der Waals surface area (Å²) >= 11 is 0. The predicted octanol–water partition coefficient (Wildman–Crippen LogP) is 2.72. The van der Waals surface area contributed by atoms with Crippen LogP contribution >= 0.6 is 9.24 Å². The van der Waals surface area contributed by atoms with Crippen molar-refractivity contribution in [2.45, 2.75) is 5.53 Å². The van der Waals surface area contributed by atoms with E-state index >= 15 is 0 Å². The Kier molecular flexibility index (Phi) is 2.03. The molecule has 2 nitrogen and oxygen atoms in total. The van der Waals surface area contributed by atoms with Gasteiger partial charge in [-0.05, 0) is 11.6 Å². The Hall–Kier alpha value is -1.37. The van der Waals surface area contributed by atoms with Crippen molar-refractivity contribution in [2.24, 2.45) is 0 Å². The number of ether oxygens (including phenoxy) is 1. The normalized spacial score (nSPS) is 21.9. The van der Waals surface area contributed by atoms with Gasteiger partial charge in [0.1, 0.15) is 5.75 Å². The first kappa shape index (κ1) is 9.83. The van der Waals surface area contributed by atoms with Gasteiger partial charge in [0, 0.05) is 11.1 Å². The summed E-state index contributed by atoms with van der Waals surface area (Å²) in [6.45, 7) is 0. The molecule has 1 aliphatic heterocycles. The van der Waals surface area contributed by atoms with Gasteiger partial charge in [0.2, 0.25) is 5.53 Å². The van der Waals surface area contributed by atoms with Crippen LogP contribution in [0, 0.1) is 0 Å². The molecule has 0 radical (unpaired) electrons. The molecule has 0 saturated carbocycles. The second-order valence-electron chi connectivity index (χ2n) is 3.84. The second kappa shape index (κ2) is 3.31. The van der Waals surface area contributed by atoms with Crippen molar-refractivity contribution in [3.63, 3.8) is 0 Å². The monoisotopic (exact) mass is 230 g/mol. The maximum Gasteiger partial charge on any atom is 0.247 e. The summed E-state index contributed by atoms with van der Waals surface area (Å²) in [4.78, 5) is 0. The number of rotatable bonds is 0. The Morgan fingerprint density at radius 1 is 0.938 bits per heavy atom. The Bertz CT molecular complexity index is 549. The van der Waals surface area contributed by atoms with Crippen LogP contribution in [-0.4, -0.2) is 5.11 Å². The van der Waals surface area contributed by atoms with Crippen molar-refractivity contribution in [1.82, 2.24) is 0 Å². The minimum Gasteiger partial charge on any atom is -0.454 e. The average Bonchev–Trinajstić information content (AvgIpc) is 2.29. The van der Waals surface area contributed by atoms with E-state index in [9.17, 15) is 5.11 Å². The fourth-order valence-electron chi connectivity index (χ4n) is 2.03. The molecule has 16 heavy (non-hydrogen) atoms. The van der Waals surface area contributed by atoms with Gasteiger partial charge in [-0.25, -0.2) is 0 Å². The van der Waals surface area contributed by atoms with Crippen molar-refractivity contribution in [2.75, 3.05) is 0 Å². The number of hydrogen-bond donors (Lipinski definition) is 1. The van der Waals surface area contributed by atoms with Crippen LogP contribution in [0.25, 0.3) is 11.1 Å². The minimum absolute atomic E-state index is 0.707. The van der Waals surface area contributed by atoms with Crippen molar-refractivity contribution >= 4 is 9.24 Å². The molecule has 2 aromatic rings. The van der Waals surface area contributed by atoms with Gasteiger partial charge in [-0.3, -0.25) is 0 Å². The van der Waals surface area contributed by atoms with E-state index in [1.165, 1.54) is 0 Å². The molecule has 1 aliphatic rings. The fourth-order valence-corrected chi connectivity index (χ4v) is 2.41. The van der Waals surface area contributed by atoms with Crippen LogP contribution in [0.2, 0.25) is 0 Å². The molecule has 0 aromatic heterocycles. The molecule has 0 fully saturated rings. The lowest BCUT2D eigenvalue weighted by atomic mass is 9.96. The van der Waals surface area contributed by atoms with Crippen LogP contribution in [-0.2, 0) is 5.53 Å². The zero-order chi connectivity index (χ0) is 11.2. The van der Waals surface area contributed by atoms with Crippen LogP contribution in [0.15, 0.2) is 48.5 Å². The maximum absolute atomic E-state index is 10.2. The molecule has 2 unspecified atom stereocenters. The van der Waals surface area contributed by atoms with Crippen LogP contribution in [0.5, 0.6) is 5.75 Å². The first-order chi connectivity index (χ1) is 7.68. The molecule has 0 amide bonds. The van der Waals surface area contributed by atoms with Crippen molar-refractivity contribution in [1.29, 1.82) is 0 Å². The van der Waals surface area contributed by atoms with Gasteiger partial charge in [-0.1, -0.05) is 51.7 Å². The SMILES string of the molecule is OC1(P)Oc2ccccc2-c2ccccc21. The summed E-state index contributed by atoms with van der Waals surface area (Å²) in [7, 11) is 2.35. The number of para-hydroxylation sites is 1. The summed E-state index contributed by atoms with van der Waals surface area (Å²) in [5, 5.41) is 10.2. The van der Waals surface area contributed by atoms with Crippen LogP contribution in [0.1, 0.15) is 5.56 Å². The van der Waals surface area contributed by atoms with E-state index in [0.29, 0.717) is 5.75 Å². The molecule has 2 atom stereocenters. The number of fused-ring (bicyclic) bond motifs is 3. The van der Waals surface area contributed by atoms with Gasteiger partial charge >= 0.3 is 0 Å². The van der Waals surface area contributed by atoms with Gasteiger partial charge < -0.3 is 9.84 Å². The summed E-state index contributed by atoms with van der Waals surface area (Å²) < 4.78 is 5.56. The fraction of sp³-hybridized carbons (Fsp3) is 0.0769. The lowest BCUT2D eigenvalue weighted by Gasteiger charge is -2.32. The van der Waals surface area contributed by atoms with E-state index in [0.717, 1.165) is 16.7 Å². The van der Waals surface area contributed by atoms with Gasteiger partial charge in [0.15, 0.2) is 0 Å². The van der Waals surface area contributed by atoms with Crippen molar-refractivity contribution in [3.05, 3.63) is 54.1 Å². The summed E-state index contributed by atoms with van der Waals surface area (Å²) in [5.41, 5.74) is 1.48. The highest BCUT2D eigenvalue weighted by Gasteiger charge is 2.34. The molecule has 3 rings (SSSR count). The van der Waals surface area contributed by atoms with E-state index < -0.39 is 5.53 Å². The van der Waals surface area contributed by atoms with E-state index in [-0.39, 0.29) is 0 Å². The largest absolute Gasteiger partial charge is 0.454 e. The Labute approximate surface area is 96.1 Å². The minimum atomic E-state index is -1.33. The zero-order valence-electron chi connectivity index (χ0n) is 8.55. The molecule has 0 aliphatic carbocycles. The molecule has 3 heteroatoms. The predicted molar refractivity (Wildman–Crippen MR) is 66.1 cm³/mol. The quantitative estimate of drug-likeness (QED) is 0.705. The molecule has 0 bridgehead atoms. The lowest BCUT2D eigenvalue weighted by molar-refractivity contribution is -0.0612. The molecule has 0 saturated heterocycles. The number of hydrogen-bond acceptors (Lipinski definition) is 2. The van der Waals surface area contributed by atoms with Crippen molar-refractivity contribution < 1.29 is 9.84 Å². The van der Waals surface area contributed by atoms with E-state index in [2.05, 4.69) is 9.24 Å². The van der Waals surface area contributed by atoms with E-state index in [1.807, 2.05) is 48.5 Å². The Morgan fingerprint density at radius 2 is 1.56 bits per heavy atom. The third-order valence-electron chi connectivity index (χ3n) is 2.76. The Balaban J connectivity index is 2.33. The summed E-state index contributed by atoms with van der Waals surface area (Å²) in [5.74, 6) is 0.707. The third-order valence-corrected chi connectivity index (χ3v) is 3.18. The number of aliphatic hydroxyl groups is 1. The topological polar surface area (TPSA) is 29.5 Å². The van der Waals surface area contributed by atoms with Gasteiger partial charge in [0.05, 0.1) is 0 Å². The first-order valence-electron chi connectivity index (χ1n) is 5.08. The Morgan fingerprint density at radius 3 is 2.38 bits per heavy atom. The lowest BCUT2D eigenvalue weighted by Crippen LogP contribution is -2.28. The van der Waals surface area contributed by atoms with Crippen molar-refractivity contribution in [3.8, 4) is 16.9 Å². The highest BCUT2D eigenvalue weighted by Crippen LogP contribution is 2.46. The second-order valence-corrected chi connectivity index (χ2v) is 4.62. The standard InChI is InChI=1S/C13H11O2P/c14-13(16)11-7-3-1-5-9(11)10-6-2-4-8-12(10)15-13/h1-8,14H,16H2. The number of benzene rings is 2. The highest BCUT2D eigenvalue weighted by molar-refractivity contribution is 7.17. The van der Waals surface area contributed by atoms with Gasteiger partial charge in [-0.2, -0.15) is 0 Å². The van der Waals surface area contributed by atoms with Crippen LogP contribution < -0.4 is 4.74 Å². The molecule has 2 aromatic carbocycles. The third kappa shape index (κ3) is 1.35. The van der Waals surface area contributed by atoms with Crippen LogP contribution in [0.3, 0.4) is 0 Å². The summed E-state index contributed by atoms with van der Waals surface area (Å²) in [6.07, 6.45) is 0. The summed E-state index contributed by atoms with van der Waals surface area (Å²) in [6, 6.07) is 15.4. The van der Waals surface area contributed by atoms with Gasteiger partial charge in [-0.15, -0.1) is 0 Å². The van der Waals surface area contributed by atoms with E-state index in [1.54, 1.807) is 0 Å². The maximum atomic E-state index is 10.2. The molecule has 0 spiro atoms. The molecule has 80 valence electrons. The highest BCUT2D eigenvalue weighted by atomic mass is 31.0. The van der Waals surface area contributed by atoms with Gasteiger partial charge in [0.25, 0.3) is 0 Å². The van der Waals surface area contributed by atoms with Crippen LogP contribution in [0.4, 0.5) is 0 Å². The molecule has 1 heterocycles. The zero-order valence-corrected chi connectivity index (χ0v) is 9.71. The van der Waals surface area contributed by atoms with E-state index in [4.69, 9.17) is 4.74 Å². The molecular weight excluding hydrogens is 219 g/mol. The average molecular weight is 230 g/mol. The smallest absolute Gasteiger partial charge is 0.247 e. The molecule has 1 N–H and O–H groups in total. The first-order valence-corrected chi connectivity index (χ1v) is 5.65.